The summed E-state index contributed by atoms with van der Waals surface area (Å²) in [7, 11) is 0. The number of nitrogens with zero attached hydrogens (tertiary/aromatic N) is 2. The largest absolute Gasteiger partial charge is 0.316 e. The van der Waals surface area contributed by atoms with Gasteiger partial charge in [-0.15, -0.1) is 0 Å². The maximum Gasteiger partial charge on any atom is 0.248 e. The first-order chi connectivity index (χ1) is 10.1. The highest BCUT2D eigenvalue weighted by Crippen LogP contribution is 2.37. The Kier molecular flexibility index (Phi) is 3.38. The van der Waals surface area contributed by atoms with Crippen molar-refractivity contribution >= 4 is 23.2 Å². The Labute approximate surface area is 127 Å². The molecule has 2 aromatic rings. The van der Waals surface area contributed by atoms with Gasteiger partial charge in [-0.3, -0.25) is 4.79 Å². The van der Waals surface area contributed by atoms with Crippen LogP contribution >= 0.6 is 11.6 Å². The molecule has 1 amide bonds. The Morgan fingerprint density at radius 2 is 2.05 bits per heavy atom. The monoisotopic (exact) mass is 297 g/mol. The number of hydrogen-bond donors (Lipinski definition) is 1. The Bertz CT molecular complexity index is 766. The Hall–Kier alpha value is -2.35. The predicted octanol–water partition coefficient (Wildman–Crippen LogP) is 2.76. The summed E-state index contributed by atoms with van der Waals surface area (Å²) in [6, 6.07) is 13.9. The molecular weight excluding hydrogens is 286 g/mol. The molecule has 0 aromatic heterocycles. The average Bonchev–Trinajstić information content (AvgIpc) is 2.73. The summed E-state index contributed by atoms with van der Waals surface area (Å²) >= 11 is 5.96. The van der Waals surface area contributed by atoms with Crippen LogP contribution in [-0.2, 0) is 11.3 Å². The van der Waals surface area contributed by atoms with Gasteiger partial charge in [0.2, 0.25) is 5.91 Å². The third kappa shape index (κ3) is 2.27. The molecule has 0 fully saturated rings. The van der Waals surface area contributed by atoms with Crippen LogP contribution in [0.5, 0.6) is 0 Å². The van der Waals surface area contributed by atoms with Gasteiger partial charge in [-0.25, -0.2) is 0 Å². The van der Waals surface area contributed by atoms with Crippen LogP contribution in [0.15, 0.2) is 42.5 Å². The fourth-order valence-electron chi connectivity index (χ4n) is 2.54. The van der Waals surface area contributed by atoms with E-state index in [1.807, 2.05) is 12.1 Å². The quantitative estimate of drug-likeness (QED) is 0.926. The lowest BCUT2D eigenvalue weighted by Gasteiger charge is -2.18. The van der Waals surface area contributed by atoms with E-state index in [0.717, 1.165) is 16.8 Å². The molecule has 2 N–H and O–H groups in total. The minimum atomic E-state index is -0.701. The van der Waals surface area contributed by atoms with E-state index in [1.54, 1.807) is 35.2 Å². The van der Waals surface area contributed by atoms with Crippen molar-refractivity contribution in [1.82, 2.24) is 0 Å². The molecule has 0 radical (unpaired) electrons. The van der Waals surface area contributed by atoms with E-state index in [2.05, 4.69) is 6.07 Å². The number of benzene rings is 2. The third-order valence-electron chi connectivity index (χ3n) is 3.61. The molecule has 104 valence electrons. The second-order valence-electron chi connectivity index (χ2n) is 4.87. The van der Waals surface area contributed by atoms with Crippen molar-refractivity contribution in [2.24, 2.45) is 5.73 Å². The number of nitriles is 1. The molecule has 1 aliphatic rings. The van der Waals surface area contributed by atoms with Crippen LogP contribution in [0.4, 0.5) is 5.69 Å². The van der Waals surface area contributed by atoms with Crippen LogP contribution < -0.4 is 10.6 Å². The number of carbonyl (C=O) groups is 1. The number of rotatable bonds is 2. The van der Waals surface area contributed by atoms with Crippen molar-refractivity contribution in [2.45, 2.75) is 12.6 Å². The molecule has 0 saturated carbocycles. The molecule has 4 nitrogen and oxygen atoms in total. The zero-order valence-electron chi connectivity index (χ0n) is 11.1. The maximum atomic E-state index is 12.4. The zero-order chi connectivity index (χ0) is 15.0. The van der Waals surface area contributed by atoms with Gasteiger partial charge in [0.05, 0.1) is 18.2 Å². The number of nitrogens with two attached hydrogens (primary N) is 1. The van der Waals surface area contributed by atoms with E-state index < -0.39 is 6.04 Å². The molecule has 0 bridgehead atoms. The molecule has 0 spiro atoms. The molecule has 1 atom stereocenters. The lowest BCUT2D eigenvalue weighted by molar-refractivity contribution is -0.119. The van der Waals surface area contributed by atoms with E-state index >= 15 is 0 Å². The van der Waals surface area contributed by atoms with Gasteiger partial charge < -0.3 is 10.6 Å². The van der Waals surface area contributed by atoms with Gasteiger partial charge in [0.15, 0.2) is 0 Å². The average molecular weight is 298 g/mol. The number of amides is 1. The Morgan fingerprint density at radius 1 is 1.29 bits per heavy atom. The molecule has 1 aliphatic heterocycles. The summed E-state index contributed by atoms with van der Waals surface area (Å²) in [6.07, 6.45) is 0. The van der Waals surface area contributed by atoms with Crippen LogP contribution in [-0.4, -0.2) is 5.91 Å². The van der Waals surface area contributed by atoms with E-state index in [0.29, 0.717) is 17.1 Å². The molecule has 0 saturated heterocycles. The highest BCUT2D eigenvalue weighted by Gasteiger charge is 2.35. The van der Waals surface area contributed by atoms with Gasteiger partial charge in [-0.05, 0) is 29.8 Å². The van der Waals surface area contributed by atoms with Gasteiger partial charge in [0, 0.05) is 16.3 Å². The van der Waals surface area contributed by atoms with Crippen LogP contribution in [0.25, 0.3) is 0 Å². The lowest BCUT2D eigenvalue weighted by atomic mass is 10.1. The van der Waals surface area contributed by atoms with Crippen molar-refractivity contribution in [1.29, 1.82) is 5.26 Å². The zero-order valence-corrected chi connectivity index (χ0v) is 11.8. The molecule has 3 rings (SSSR count). The first-order valence-electron chi connectivity index (χ1n) is 6.46. The summed E-state index contributed by atoms with van der Waals surface area (Å²) in [5.41, 5.74) is 8.79. The minimum absolute atomic E-state index is 0.181. The van der Waals surface area contributed by atoms with Crippen LogP contribution in [0, 0.1) is 11.3 Å². The molecule has 0 aliphatic carbocycles. The fourth-order valence-corrected chi connectivity index (χ4v) is 2.72. The van der Waals surface area contributed by atoms with Crippen molar-refractivity contribution in [3.8, 4) is 6.07 Å². The van der Waals surface area contributed by atoms with Crippen LogP contribution in [0.1, 0.15) is 22.7 Å². The number of halogens is 1. The minimum Gasteiger partial charge on any atom is -0.316 e. The topological polar surface area (TPSA) is 70.1 Å². The number of anilines is 1. The van der Waals surface area contributed by atoms with E-state index in [9.17, 15) is 4.79 Å². The molecule has 21 heavy (non-hydrogen) atoms. The van der Waals surface area contributed by atoms with E-state index in [1.165, 1.54) is 0 Å². The SMILES string of the molecule is N#Cc1ccccc1CN1C(=O)C(N)c2cc(Cl)ccc21. The van der Waals surface area contributed by atoms with E-state index in [-0.39, 0.29) is 5.91 Å². The van der Waals surface area contributed by atoms with Crippen molar-refractivity contribution in [2.75, 3.05) is 4.90 Å². The highest BCUT2D eigenvalue weighted by atomic mass is 35.5. The van der Waals surface area contributed by atoms with Gasteiger partial charge in [-0.2, -0.15) is 5.26 Å². The second-order valence-corrected chi connectivity index (χ2v) is 5.31. The number of carbonyl (C=O) groups excluding carboxylic acids is 1. The lowest BCUT2D eigenvalue weighted by Crippen LogP contribution is -2.31. The second kappa shape index (κ2) is 5.21. The van der Waals surface area contributed by atoms with Gasteiger partial charge in [-0.1, -0.05) is 29.8 Å². The summed E-state index contributed by atoms with van der Waals surface area (Å²) in [4.78, 5) is 14.0. The maximum absolute atomic E-state index is 12.4. The van der Waals surface area contributed by atoms with Crippen molar-refractivity contribution in [3.63, 3.8) is 0 Å². The normalized spacial score (nSPS) is 16.7. The smallest absolute Gasteiger partial charge is 0.248 e. The van der Waals surface area contributed by atoms with Crippen LogP contribution in [0.2, 0.25) is 5.02 Å². The molecule has 5 heteroatoms. The predicted molar refractivity (Wildman–Crippen MR) is 80.7 cm³/mol. The standard InChI is InChI=1S/C16H12ClN3O/c17-12-5-6-14-13(7-12)15(19)16(21)20(14)9-11-4-2-1-3-10(11)8-18/h1-7,15H,9,19H2. The molecule has 1 heterocycles. The fraction of sp³-hybridized carbons (Fsp3) is 0.125. The molecule has 2 aromatic carbocycles. The summed E-state index contributed by atoms with van der Waals surface area (Å²) in [5, 5.41) is 9.70. The first-order valence-corrected chi connectivity index (χ1v) is 6.84. The summed E-state index contributed by atoms with van der Waals surface area (Å²) in [6.45, 7) is 0.324. The summed E-state index contributed by atoms with van der Waals surface area (Å²) in [5.74, 6) is -0.181. The van der Waals surface area contributed by atoms with E-state index in [4.69, 9.17) is 22.6 Å². The molecular formula is C16H12ClN3O. The Balaban J connectivity index is 2.01. The summed E-state index contributed by atoms with van der Waals surface area (Å²) < 4.78 is 0. The van der Waals surface area contributed by atoms with Gasteiger partial charge in [0.1, 0.15) is 6.04 Å². The first kappa shape index (κ1) is 13.6. The third-order valence-corrected chi connectivity index (χ3v) is 3.85. The van der Waals surface area contributed by atoms with Gasteiger partial charge >= 0.3 is 0 Å². The van der Waals surface area contributed by atoms with Crippen molar-refractivity contribution in [3.05, 3.63) is 64.2 Å². The number of hydrogen-bond acceptors (Lipinski definition) is 3. The van der Waals surface area contributed by atoms with Crippen molar-refractivity contribution < 1.29 is 4.79 Å². The van der Waals surface area contributed by atoms with Crippen LogP contribution in [0.3, 0.4) is 0 Å². The highest BCUT2D eigenvalue weighted by molar-refractivity contribution is 6.31. The Morgan fingerprint density at radius 3 is 2.81 bits per heavy atom. The van der Waals surface area contributed by atoms with Gasteiger partial charge in [0.25, 0.3) is 0 Å². The molecule has 1 unspecified atom stereocenters. The number of fused-ring (bicyclic) bond motifs is 1.